The van der Waals surface area contributed by atoms with Gasteiger partial charge in [0.1, 0.15) is 12.2 Å². The standard InChI is InChI=1S/C20H24O4/c1-6-10(2)19(21)23-15-9-12(4)14-8-7-11(3)16(14)18-17(15)13(5)20(22)24-18/h6-7,15-18H,5,8-9H2,1-4H3/b10-6-/t15-,16-,17+,18+/m0/s1. The molecule has 3 aliphatic rings. The monoisotopic (exact) mass is 328 g/mol. The van der Waals surface area contributed by atoms with Crippen molar-refractivity contribution in [3.8, 4) is 0 Å². The fraction of sp³-hybridized carbons (Fsp3) is 0.500. The normalized spacial score (nSPS) is 32.8. The van der Waals surface area contributed by atoms with Crippen molar-refractivity contribution in [2.75, 3.05) is 0 Å². The van der Waals surface area contributed by atoms with E-state index in [1.807, 2.05) is 0 Å². The number of hydrogen-bond acceptors (Lipinski definition) is 4. The molecule has 0 amide bonds. The lowest BCUT2D eigenvalue weighted by Crippen LogP contribution is -2.36. The van der Waals surface area contributed by atoms with Gasteiger partial charge in [-0.25, -0.2) is 9.59 Å². The number of rotatable bonds is 2. The van der Waals surface area contributed by atoms with Gasteiger partial charge in [0.2, 0.25) is 0 Å². The zero-order valence-corrected chi connectivity index (χ0v) is 14.7. The third-order valence-corrected chi connectivity index (χ3v) is 5.57. The SMILES string of the molecule is C=C1C(=O)O[C@@H]2[C@H]3C(C)=CCC3=C(C)C[C@H](OC(=O)/C(C)=C\C)[C@@H]12. The van der Waals surface area contributed by atoms with E-state index in [1.54, 1.807) is 19.9 Å². The minimum absolute atomic E-state index is 0.0877. The van der Waals surface area contributed by atoms with Crippen molar-refractivity contribution < 1.29 is 19.1 Å². The molecule has 0 saturated carbocycles. The maximum atomic E-state index is 12.3. The van der Waals surface area contributed by atoms with Gasteiger partial charge < -0.3 is 9.47 Å². The Morgan fingerprint density at radius 3 is 2.79 bits per heavy atom. The minimum atomic E-state index is -0.415. The van der Waals surface area contributed by atoms with Gasteiger partial charge in [0.15, 0.2) is 0 Å². The van der Waals surface area contributed by atoms with Crippen LogP contribution in [0.25, 0.3) is 0 Å². The van der Waals surface area contributed by atoms with Crippen molar-refractivity contribution in [2.45, 2.75) is 52.7 Å². The van der Waals surface area contributed by atoms with E-state index in [9.17, 15) is 9.59 Å². The summed E-state index contributed by atoms with van der Waals surface area (Å²) in [6.45, 7) is 11.6. The molecule has 0 aromatic rings. The lowest BCUT2D eigenvalue weighted by atomic mass is 9.82. The second kappa shape index (κ2) is 6.08. The van der Waals surface area contributed by atoms with Crippen LogP contribution in [0.1, 0.15) is 40.5 Å². The molecule has 0 bridgehead atoms. The lowest BCUT2D eigenvalue weighted by Gasteiger charge is -2.28. The third-order valence-electron chi connectivity index (χ3n) is 5.57. The molecule has 4 atom stereocenters. The van der Waals surface area contributed by atoms with Crippen LogP contribution in [-0.2, 0) is 19.1 Å². The molecule has 0 spiro atoms. The average Bonchev–Trinajstić information content (AvgIpc) is 3.02. The number of ether oxygens (including phenoxy) is 2. The molecule has 3 rings (SSSR count). The van der Waals surface area contributed by atoms with E-state index in [2.05, 4.69) is 26.5 Å². The molecule has 0 aromatic heterocycles. The van der Waals surface area contributed by atoms with Crippen LogP contribution in [0.3, 0.4) is 0 Å². The molecule has 4 heteroatoms. The summed E-state index contributed by atoms with van der Waals surface area (Å²) in [4.78, 5) is 24.4. The van der Waals surface area contributed by atoms with E-state index in [-0.39, 0.29) is 29.9 Å². The Morgan fingerprint density at radius 1 is 1.42 bits per heavy atom. The van der Waals surface area contributed by atoms with Crippen molar-refractivity contribution in [1.82, 2.24) is 0 Å². The van der Waals surface area contributed by atoms with Gasteiger partial charge in [-0.1, -0.05) is 35.5 Å². The van der Waals surface area contributed by atoms with E-state index in [0.29, 0.717) is 17.6 Å². The van der Waals surface area contributed by atoms with Crippen molar-refractivity contribution >= 4 is 11.9 Å². The van der Waals surface area contributed by atoms with E-state index in [0.717, 1.165) is 6.42 Å². The summed E-state index contributed by atoms with van der Waals surface area (Å²) in [6, 6.07) is 0. The van der Waals surface area contributed by atoms with Crippen LogP contribution >= 0.6 is 0 Å². The summed E-state index contributed by atoms with van der Waals surface area (Å²) in [7, 11) is 0. The fourth-order valence-electron chi connectivity index (χ4n) is 4.04. The Labute approximate surface area is 142 Å². The molecule has 1 fully saturated rings. The maximum Gasteiger partial charge on any atom is 0.334 e. The summed E-state index contributed by atoms with van der Waals surface area (Å²) in [6.07, 6.45) is 4.69. The second-order valence-corrected chi connectivity index (χ2v) is 6.98. The number of esters is 2. The number of carbonyl (C=O) groups excluding carboxylic acids is 2. The van der Waals surface area contributed by atoms with Gasteiger partial charge in [-0.2, -0.15) is 0 Å². The molecule has 4 nitrogen and oxygen atoms in total. The second-order valence-electron chi connectivity index (χ2n) is 6.98. The van der Waals surface area contributed by atoms with Crippen molar-refractivity contribution in [2.24, 2.45) is 11.8 Å². The summed E-state index contributed by atoms with van der Waals surface area (Å²) >= 11 is 0. The molecule has 1 heterocycles. The van der Waals surface area contributed by atoms with E-state index in [4.69, 9.17) is 9.47 Å². The van der Waals surface area contributed by atoms with Gasteiger partial charge in [0.05, 0.1) is 5.92 Å². The van der Waals surface area contributed by atoms with Crippen LogP contribution in [-0.4, -0.2) is 24.1 Å². The highest BCUT2D eigenvalue weighted by Crippen LogP contribution is 2.49. The Kier molecular flexibility index (Phi) is 4.24. The van der Waals surface area contributed by atoms with E-state index < -0.39 is 6.10 Å². The number of fused-ring (bicyclic) bond motifs is 3. The summed E-state index contributed by atoms with van der Waals surface area (Å²) < 4.78 is 11.4. The molecule has 2 aliphatic carbocycles. The first-order valence-electron chi connectivity index (χ1n) is 8.44. The molecule has 0 unspecified atom stereocenters. The Balaban J connectivity index is 1.99. The zero-order valence-electron chi connectivity index (χ0n) is 14.7. The largest absolute Gasteiger partial charge is 0.458 e. The maximum absolute atomic E-state index is 12.3. The first-order chi connectivity index (χ1) is 11.3. The fourth-order valence-corrected chi connectivity index (χ4v) is 4.04. The van der Waals surface area contributed by atoms with Crippen molar-refractivity contribution in [3.63, 3.8) is 0 Å². The van der Waals surface area contributed by atoms with Gasteiger partial charge in [0, 0.05) is 23.5 Å². The molecule has 128 valence electrons. The quantitative estimate of drug-likeness (QED) is 0.441. The highest BCUT2D eigenvalue weighted by Gasteiger charge is 2.52. The highest BCUT2D eigenvalue weighted by atomic mass is 16.6. The predicted octanol–water partition coefficient (Wildman–Crippen LogP) is 3.65. The lowest BCUT2D eigenvalue weighted by molar-refractivity contribution is -0.148. The van der Waals surface area contributed by atoms with Crippen molar-refractivity contribution in [3.05, 3.63) is 46.6 Å². The van der Waals surface area contributed by atoms with Crippen LogP contribution in [0.4, 0.5) is 0 Å². The minimum Gasteiger partial charge on any atom is -0.458 e. The van der Waals surface area contributed by atoms with Gasteiger partial charge >= 0.3 is 11.9 Å². The van der Waals surface area contributed by atoms with E-state index >= 15 is 0 Å². The highest BCUT2D eigenvalue weighted by molar-refractivity contribution is 5.92. The predicted molar refractivity (Wildman–Crippen MR) is 91.0 cm³/mol. The molecule has 24 heavy (non-hydrogen) atoms. The van der Waals surface area contributed by atoms with Gasteiger partial charge in [0.25, 0.3) is 0 Å². The molecule has 0 aromatic carbocycles. The van der Waals surface area contributed by atoms with E-state index in [1.165, 1.54) is 16.7 Å². The Morgan fingerprint density at radius 2 is 2.12 bits per heavy atom. The van der Waals surface area contributed by atoms with Crippen LogP contribution in [0.2, 0.25) is 0 Å². The zero-order chi connectivity index (χ0) is 17.6. The Hall–Kier alpha value is -2.10. The summed E-state index contributed by atoms with van der Waals surface area (Å²) in [5.41, 5.74) is 4.73. The average molecular weight is 328 g/mol. The smallest absolute Gasteiger partial charge is 0.334 e. The van der Waals surface area contributed by atoms with Gasteiger partial charge in [-0.05, 0) is 34.1 Å². The van der Waals surface area contributed by atoms with Crippen LogP contribution in [0, 0.1) is 11.8 Å². The summed E-state index contributed by atoms with van der Waals surface area (Å²) in [5.74, 6) is -0.910. The molecule has 1 aliphatic heterocycles. The Bertz CT molecular complexity index is 707. The van der Waals surface area contributed by atoms with Gasteiger partial charge in [-0.15, -0.1) is 0 Å². The third kappa shape index (κ3) is 2.54. The summed E-state index contributed by atoms with van der Waals surface area (Å²) in [5, 5.41) is 0. The van der Waals surface area contributed by atoms with Crippen LogP contribution in [0.5, 0.6) is 0 Å². The van der Waals surface area contributed by atoms with Crippen LogP contribution < -0.4 is 0 Å². The first-order valence-corrected chi connectivity index (χ1v) is 8.44. The topological polar surface area (TPSA) is 52.6 Å². The number of allylic oxidation sites excluding steroid dienone is 2. The molecule has 1 saturated heterocycles. The molecular weight excluding hydrogens is 304 g/mol. The first kappa shape index (κ1) is 16.7. The van der Waals surface area contributed by atoms with Crippen molar-refractivity contribution in [1.29, 1.82) is 0 Å². The number of hydrogen-bond donors (Lipinski definition) is 0. The molecule has 0 radical (unpaired) electrons. The molecule has 0 N–H and O–H groups in total. The van der Waals surface area contributed by atoms with Crippen LogP contribution in [0.15, 0.2) is 46.6 Å². The molecular formula is C20H24O4. The number of carbonyl (C=O) groups is 2. The van der Waals surface area contributed by atoms with Gasteiger partial charge in [-0.3, -0.25) is 0 Å².